The van der Waals surface area contributed by atoms with Crippen LogP contribution in [0.1, 0.15) is 0 Å². The summed E-state index contributed by atoms with van der Waals surface area (Å²) in [6.07, 6.45) is 3.70. The van der Waals surface area contributed by atoms with Crippen LogP contribution in [0.4, 0.5) is 0 Å². The normalized spacial score (nSPS) is 16.5. The molecule has 1 aliphatic rings. The smallest absolute Gasteiger partial charge is 0.168 e. The van der Waals surface area contributed by atoms with Crippen LogP contribution in [0.5, 0.6) is 0 Å². The summed E-state index contributed by atoms with van der Waals surface area (Å²) in [5.74, 6) is 0.948. The van der Waals surface area contributed by atoms with Crippen LogP contribution in [-0.2, 0) is 0 Å². The summed E-state index contributed by atoms with van der Waals surface area (Å²) in [7, 11) is 0. The Labute approximate surface area is 51.9 Å². The lowest BCUT2D eigenvalue weighted by Crippen LogP contribution is -1.84. The maximum atomic E-state index is 4.06. The van der Waals surface area contributed by atoms with Crippen molar-refractivity contribution >= 4 is 11.8 Å². The lowest BCUT2D eigenvalue weighted by molar-refractivity contribution is 0.863. The van der Waals surface area contributed by atoms with Crippen molar-refractivity contribution in [2.24, 2.45) is 0 Å². The molecule has 1 aromatic rings. The van der Waals surface area contributed by atoms with E-state index < -0.39 is 0 Å². The minimum absolute atomic E-state index is 0.948. The molecule has 1 aliphatic heterocycles. The van der Waals surface area contributed by atoms with E-state index in [4.69, 9.17) is 0 Å². The third-order valence-electron chi connectivity index (χ3n) is 1.04. The zero-order valence-electron chi connectivity index (χ0n) is 4.16. The predicted octanol–water partition coefficient (Wildman–Crippen LogP) is 0.876. The number of hydrogen-bond acceptors (Lipinski definition) is 2. The summed E-state index contributed by atoms with van der Waals surface area (Å²) in [4.78, 5) is 4.06. The van der Waals surface area contributed by atoms with Crippen molar-refractivity contribution in [2.45, 2.75) is 5.16 Å². The van der Waals surface area contributed by atoms with E-state index in [1.165, 1.54) is 0 Å². The Bertz CT molecular complexity index is 176. The first-order valence-electron chi connectivity index (χ1n) is 2.37. The van der Waals surface area contributed by atoms with Gasteiger partial charge in [0.25, 0.3) is 0 Å². The van der Waals surface area contributed by atoms with Gasteiger partial charge in [0.05, 0.1) is 0 Å². The van der Waals surface area contributed by atoms with Gasteiger partial charge < -0.3 is 4.57 Å². The molecule has 2 nitrogen and oxygen atoms in total. The fourth-order valence-electron chi connectivity index (χ4n) is 0.683. The topological polar surface area (TPSA) is 17.8 Å². The van der Waals surface area contributed by atoms with Crippen LogP contribution in [0, 0.1) is 6.54 Å². The summed E-state index contributed by atoms with van der Waals surface area (Å²) in [5, 5.41) is 1.06. The number of thioether (sulfide) groups is 1. The van der Waals surface area contributed by atoms with E-state index in [9.17, 15) is 0 Å². The molecule has 0 N–H and O–H groups in total. The van der Waals surface area contributed by atoms with Crippen LogP contribution in [-0.4, -0.2) is 15.3 Å². The van der Waals surface area contributed by atoms with Crippen molar-refractivity contribution in [1.29, 1.82) is 0 Å². The Kier molecular flexibility index (Phi) is 0.842. The van der Waals surface area contributed by atoms with Crippen LogP contribution in [0.25, 0.3) is 0 Å². The second-order valence-electron chi connectivity index (χ2n) is 1.53. The lowest BCUT2D eigenvalue weighted by Gasteiger charge is -1.84. The highest BCUT2D eigenvalue weighted by atomic mass is 32.2. The maximum Gasteiger partial charge on any atom is 0.168 e. The van der Waals surface area contributed by atoms with Crippen LogP contribution in [0.2, 0.25) is 0 Å². The van der Waals surface area contributed by atoms with Crippen LogP contribution in [0.3, 0.4) is 0 Å². The molecule has 0 atom stereocenters. The predicted molar refractivity (Wildman–Crippen MR) is 31.6 cm³/mol. The highest BCUT2D eigenvalue weighted by molar-refractivity contribution is 7.99. The molecular formula is C5H4N2S. The second kappa shape index (κ2) is 1.52. The minimum atomic E-state index is 0.948. The van der Waals surface area contributed by atoms with E-state index >= 15 is 0 Å². The number of aromatic nitrogens is 2. The number of rotatable bonds is 0. The van der Waals surface area contributed by atoms with Crippen molar-refractivity contribution in [3.05, 3.63) is 18.9 Å². The Morgan fingerprint density at radius 3 is 3.75 bits per heavy atom. The van der Waals surface area contributed by atoms with Crippen molar-refractivity contribution in [1.82, 2.24) is 9.55 Å². The van der Waals surface area contributed by atoms with Gasteiger partial charge in [0.15, 0.2) is 5.16 Å². The average molecular weight is 124 g/mol. The van der Waals surface area contributed by atoms with E-state index in [0.717, 1.165) is 10.9 Å². The molecular weight excluding hydrogens is 120 g/mol. The van der Waals surface area contributed by atoms with E-state index in [1.807, 2.05) is 10.8 Å². The van der Waals surface area contributed by atoms with Gasteiger partial charge >= 0.3 is 0 Å². The SMILES string of the molecule is [C]1CSc2nccn21. The van der Waals surface area contributed by atoms with Gasteiger partial charge in [0, 0.05) is 18.1 Å². The zero-order chi connectivity index (χ0) is 5.40. The van der Waals surface area contributed by atoms with Gasteiger partial charge in [-0.2, -0.15) is 0 Å². The molecule has 2 radical (unpaired) electrons. The molecule has 0 spiro atoms. The van der Waals surface area contributed by atoms with Crippen molar-refractivity contribution < 1.29 is 0 Å². The van der Waals surface area contributed by atoms with Crippen molar-refractivity contribution in [2.75, 3.05) is 5.75 Å². The molecule has 3 heteroatoms. The van der Waals surface area contributed by atoms with E-state index in [1.54, 1.807) is 18.0 Å². The average Bonchev–Trinajstić information content (AvgIpc) is 2.15. The Morgan fingerprint density at radius 1 is 1.88 bits per heavy atom. The highest BCUT2D eigenvalue weighted by Gasteiger charge is 2.10. The van der Waals surface area contributed by atoms with Crippen molar-refractivity contribution in [3.8, 4) is 0 Å². The fourth-order valence-corrected chi connectivity index (χ4v) is 1.42. The Morgan fingerprint density at radius 2 is 2.88 bits per heavy atom. The standard InChI is InChI=1S/C5H4N2S/c1-2-7-3-4-8-5(7)6-1/h1-2H,4H2. The minimum Gasteiger partial charge on any atom is -0.314 e. The lowest BCUT2D eigenvalue weighted by atomic mass is 10.7. The highest BCUT2D eigenvalue weighted by Crippen LogP contribution is 2.23. The molecule has 0 aliphatic carbocycles. The summed E-state index contributed by atoms with van der Waals surface area (Å²) in [6, 6.07) is 0. The van der Waals surface area contributed by atoms with Gasteiger partial charge in [0.2, 0.25) is 0 Å². The van der Waals surface area contributed by atoms with Gasteiger partial charge in [-0.05, 0) is 0 Å². The van der Waals surface area contributed by atoms with Gasteiger partial charge in [-0.15, -0.1) is 0 Å². The molecule has 0 bridgehead atoms. The molecule has 0 fully saturated rings. The summed E-state index contributed by atoms with van der Waals surface area (Å²) < 4.78 is 1.92. The first-order valence-corrected chi connectivity index (χ1v) is 3.35. The zero-order valence-corrected chi connectivity index (χ0v) is 4.98. The number of nitrogens with zero attached hydrogens (tertiary/aromatic N) is 2. The molecule has 0 saturated heterocycles. The van der Waals surface area contributed by atoms with E-state index in [-0.39, 0.29) is 0 Å². The molecule has 0 amide bonds. The second-order valence-corrected chi connectivity index (χ2v) is 2.47. The third kappa shape index (κ3) is 0.478. The van der Waals surface area contributed by atoms with E-state index in [2.05, 4.69) is 11.5 Å². The van der Waals surface area contributed by atoms with Gasteiger partial charge in [-0.25, -0.2) is 4.98 Å². The molecule has 0 unspecified atom stereocenters. The molecule has 2 heterocycles. The quantitative estimate of drug-likeness (QED) is 0.511. The Balaban J connectivity index is 2.54. The maximum absolute atomic E-state index is 4.06. The third-order valence-corrected chi connectivity index (χ3v) is 1.88. The van der Waals surface area contributed by atoms with Crippen LogP contribution < -0.4 is 0 Å². The van der Waals surface area contributed by atoms with Crippen LogP contribution >= 0.6 is 11.8 Å². The van der Waals surface area contributed by atoms with Crippen molar-refractivity contribution in [3.63, 3.8) is 0 Å². The molecule has 40 valence electrons. The summed E-state index contributed by atoms with van der Waals surface area (Å²) in [6.45, 7) is 3.10. The van der Waals surface area contributed by atoms with E-state index in [0.29, 0.717) is 0 Å². The molecule has 8 heavy (non-hydrogen) atoms. The number of fused-ring (bicyclic) bond motifs is 1. The van der Waals surface area contributed by atoms with Crippen LogP contribution in [0.15, 0.2) is 17.6 Å². The number of hydrogen-bond donors (Lipinski definition) is 0. The van der Waals surface area contributed by atoms with Gasteiger partial charge in [-0.1, -0.05) is 11.8 Å². The van der Waals surface area contributed by atoms with Gasteiger partial charge in [-0.3, -0.25) is 0 Å². The monoisotopic (exact) mass is 124 g/mol. The first kappa shape index (κ1) is 4.44. The molecule has 2 rings (SSSR count). The molecule has 0 saturated carbocycles. The van der Waals surface area contributed by atoms with Gasteiger partial charge in [0.1, 0.15) is 6.54 Å². The summed E-state index contributed by atoms with van der Waals surface area (Å²) >= 11 is 1.72. The number of imidazole rings is 1. The molecule has 1 aromatic heterocycles. The fraction of sp³-hybridized carbons (Fsp3) is 0.200. The first-order chi connectivity index (χ1) is 3.97. The Hall–Kier alpha value is -0.440. The largest absolute Gasteiger partial charge is 0.314 e. The molecule has 0 aromatic carbocycles. The summed E-state index contributed by atoms with van der Waals surface area (Å²) in [5.41, 5.74) is 0.